The minimum Gasteiger partial charge on any atom is -0.482 e. The standard InChI is InChI=1S/C19H21N5O3/c1-14-3-4-16-15(11-14)24(18(26)13-27-16)12-17(25)22-7-9-23(10-8-22)19-20-5-2-6-21-19/h2-6,11H,7-10,12-13H2,1H3. The van der Waals surface area contributed by atoms with Crippen LogP contribution in [0.4, 0.5) is 11.6 Å². The number of nitrogens with zero attached hydrogens (tertiary/aromatic N) is 5. The van der Waals surface area contributed by atoms with Gasteiger partial charge in [-0.05, 0) is 30.7 Å². The maximum atomic E-state index is 12.8. The van der Waals surface area contributed by atoms with Crippen LogP contribution in [0.1, 0.15) is 5.56 Å². The number of hydrogen-bond donors (Lipinski definition) is 0. The molecule has 27 heavy (non-hydrogen) atoms. The van der Waals surface area contributed by atoms with Crippen LogP contribution in [0.25, 0.3) is 0 Å². The highest BCUT2D eigenvalue weighted by Gasteiger charge is 2.30. The van der Waals surface area contributed by atoms with E-state index >= 15 is 0 Å². The van der Waals surface area contributed by atoms with Gasteiger partial charge in [-0.2, -0.15) is 0 Å². The number of aryl methyl sites for hydroxylation is 1. The van der Waals surface area contributed by atoms with Crippen LogP contribution in [0.15, 0.2) is 36.7 Å². The van der Waals surface area contributed by atoms with Crippen molar-refractivity contribution in [3.63, 3.8) is 0 Å². The van der Waals surface area contributed by atoms with E-state index < -0.39 is 0 Å². The van der Waals surface area contributed by atoms with E-state index in [4.69, 9.17) is 4.74 Å². The van der Waals surface area contributed by atoms with E-state index in [1.165, 1.54) is 4.90 Å². The number of carbonyl (C=O) groups excluding carboxylic acids is 2. The van der Waals surface area contributed by atoms with Crippen molar-refractivity contribution >= 4 is 23.5 Å². The highest BCUT2D eigenvalue weighted by molar-refractivity contribution is 6.02. The number of rotatable bonds is 3. The summed E-state index contributed by atoms with van der Waals surface area (Å²) >= 11 is 0. The normalized spacial score (nSPS) is 16.8. The van der Waals surface area contributed by atoms with Gasteiger partial charge in [0, 0.05) is 38.6 Å². The molecule has 0 aliphatic carbocycles. The average Bonchev–Trinajstić information content (AvgIpc) is 2.71. The van der Waals surface area contributed by atoms with Gasteiger partial charge in [-0.15, -0.1) is 0 Å². The van der Waals surface area contributed by atoms with E-state index in [2.05, 4.69) is 14.9 Å². The molecule has 0 radical (unpaired) electrons. The van der Waals surface area contributed by atoms with Gasteiger partial charge in [-0.3, -0.25) is 14.5 Å². The molecule has 0 atom stereocenters. The first-order valence-corrected chi connectivity index (χ1v) is 8.95. The zero-order valence-electron chi connectivity index (χ0n) is 15.2. The predicted molar refractivity (Wildman–Crippen MR) is 99.9 cm³/mol. The maximum Gasteiger partial charge on any atom is 0.265 e. The molecular weight excluding hydrogens is 346 g/mol. The summed E-state index contributed by atoms with van der Waals surface area (Å²) in [6.07, 6.45) is 3.42. The number of aromatic nitrogens is 2. The molecule has 0 saturated carbocycles. The highest BCUT2D eigenvalue weighted by atomic mass is 16.5. The monoisotopic (exact) mass is 367 g/mol. The first kappa shape index (κ1) is 17.3. The van der Waals surface area contributed by atoms with Crippen molar-refractivity contribution in [3.05, 3.63) is 42.2 Å². The Hall–Kier alpha value is -3.16. The van der Waals surface area contributed by atoms with Crippen LogP contribution >= 0.6 is 0 Å². The number of anilines is 2. The fourth-order valence-corrected chi connectivity index (χ4v) is 3.33. The van der Waals surface area contributed by atoms with Crippen molar-refractivity contribution in [2.24, 2.45) is 0 Å². The Morgan fingerprint density at radius 3 is 2.63 bits per heavy atom. The van der Waals surface area contributed by atoms with E-state index in [0.717, 1.165) is 5.56 Å². The van der Waals surface area contributed by atoms with Crippen molar-refractivity contribution in [1.82, 2.24) is 14.9 Å². The molecule has 8 heteroatoms. The summed E-state index contributed by atoms with van der Waals surface area (Å²) in [5.74, 6) is 1.06. The lowest BCUT2D eigenvalue weighted by Crippen LogP contribution is -2.53. The van der Waals surface area contributed by atoms with Gasteiger partial charge in [-0.25, -0.2) is 9.97 Å². The number of ether oxygens (including phenoxy) is 1. The molecule has 2 amide bonds. The number of amides is 2. The van der Waals surface area contributed by atoms with Gasteiger partial charge in [0.2, 0.25) is 11.9 Å². The van der Waals surface area contributed by atoms with Gasteiger partial charge in [0.1, 0.15) is 12.3 Å². The fraction of sp³-hybridized carbons (Fsp3) is 0.368. The van der Waals surface area contributed by atoms with Crippen molar-refractivity contribution < 1.29 is 14.3 Å². The van der Waals surface area contributed by atoms with Crippen LogP contribution in [0, 0.1) is 6.92 Å². The van der Waals surface area contributed by atoms with Crippen molar-refractivity contribution in [3.8, 4) is 5.75 Å². The Kier molecular flexibility index (Phi) is 4.62. The topological polar surface area (TPSA) is 78.9 Å². The van der Waals surface area contributed by atoms with Gasteiger partial charge in [0.25, 0.3) is 5.91 Å². The molecular formula is C19H21N5O3. The van der Waals surface area contributed by atoms with E-state index in [-0.39, 0.29) is 25.0 Å². The SMILES string of the molecule is Cc1ccc2c(c1)N(CC(=O)N1CCN(c3ncccn3)CC1)C(=O)CO2. The number of hydrogen-bond acceptors (Lipinski definition) is 6. The van der Waals surface area contributed by atoms with E-state index in [9.17, 15) is 9.59 Å². The van der Waals surface area contributed by atoms with Gasteiger partial charge < -0.3 is 14.5 Å². The summed E-state index contributed by atoms with van der Waals surface area (Å²) in [5.41, 5.74) is 1.68. The average molecular weight is 367 g/mol. The molecule has 1 aromatic carbocycles. The predicted octanol–water partition coefficient (Wildman–Crippen LogP) is 0.859. The molecule has 2 aromatic rings. The molecule has 8 nitrogen and oxygen atoms in total. The van der Waals surface area contributed by atoms with Gasteiger partial charge in [0.05, 0.1) is 5.69 Å². The lowest BCUT2D eigenvalue weighted by molar-refractivity contribution is -0.132. The summed E-state index contributed by atoms with van der Waals surface area (Å²) < 4.78 is 5.47. The van der Waals surface area contributed by atoms with E-state index in [1.807, 2.05) is 25.1 Å². The second-order valence-electron chi connectivity index (χ2n) is 6.66. The quantitative estimate of drug-likeness (QED) is 0.801. The second kappa shape index (κ2) is 7.22. The van der Waals surface area contributed by atoms with Gasteiger partial charge >= 0.3 is 0 Å². The Balaban J connectivity index is 1.42. The first-order chi connectivity index (χ1) is 13.1. The van der Waals surface area contributed by atoms with Crippen molar-refractivity contribution in [2.45, 2.75) is 6.92 Å². The summed E-state index contributed by atoms with van der Waals surface area (Å²) in [6.45, 7) is 4.44. The minimum absolute atomic E-state index is 0.0283. The van der Waals surface area contributed by atoms with Gasteiger partial charge in [0.15, 0.2) is 6.61 Å². The maximum absolute atomic E-state index is 12.8. The van der Waals surface area contributed by atoms with Crippen LogP contribution in [-0.2, 0) is 9.59 Å². The lowest BCUT2D eigenvalue weighted by Gasteiger charge is -2.36. The van der Waals surface area contributed by atoms with Crippen LogP contribution in [0.2, 0.25) is 0 Å². The molecule has 0 unspecified atom stereocenters. The van der Waals surface area contributed by atoms with Crippen LogP contribution in [0.3, 0.4) is 0 Å². The minimum atomic E-state index is -0.197. The highest BCUT2D eigenvalue weighted by Crippen LogP contribution is 2.32. The molecule has 140 valence electrons. The molecule has 2 aliphatic rings. The third-order valence-corrected chi connectivity index (χ3v) is 4.82. The molecule has 0 spiro atoms. The molecule has 1 saturated heterocycles. The third kappa shape index (κ3) is 3.55. The number of benzene rings is 1. The largest absolute Gasteiger partial charge is 0.482 e. The second-order valence-corrected chi connectivity index (χ2v) is 6.66. The Morgan fingerprint density at radius 2 is 1.89 bits per heavy atom. The summed E-state index contributed by atoms with van der Waals surface area (Å²) in [4.78, 5) is 39.0. The van der Waals surface area contributed by atoms with Crippen LogP contribution in [0.5, 0.6) is 5.75 Å². The lowest BCUT2D eigenvalue weighted by atomic mass is 10.1. The Bertz CT molecular complexity index is 850. The molecule has 1 aromatic heterocycles. The fourth-order valence-electron chi connectivity index (χ4n) is 3.33. The van der Waals surface area contributed by atoms with Crippen LogP contribution < -0.4 is 14.5 Å². The molecule has 3 heterocycles. The summed E-state index contributed by atoms with van der Waals surface area (Å²) in [6, 6.07) is 7.43. The van der Waals surface area contributed by atoms with Crippen LogP contribution in [-0.4, -0.2) is 66.0 Å². The van der Waals surface area contributed by atoms with E-state index in [0.29, 0.717) is 43.6 Å². The smallest absolute Gasteiger partial charge is 0.265 e. The summed E-state index contributed by atoms with van der Waals surface area (Å²) in [7, 11) is 0. The van der Waals surface area contributed by atoms with Crippen molar-refractivity contribution in [2.75, 3.05) is 49.1 Å². The molecule has 4 rings (SSSR count). The molecule has 0 N–H and O–H groups in total. The number of carbonyl (C=O) groups is 2. The molecule has 1 fully saturated rings. The van der Waals surface area contributed by atoms with Gasteiger partial charge in [-0.1, -0.05) is 6.07 Å². The van der Waals surface area contributed by atoms with E-state index in [1.54, 1.807) is 23.4 Å². The first-order valence-electron chi connectivity index (χ1n) is 8.95. The number of piperazine rings is 1. The number of fused-ring (bicyclic) bond motifs is 1. The Morgan fingerprint density at radius 1 is 1.15 bits per heavy atom. The Labute approximate surface area is 157 Å². The van der Waals surface area contributed by atoms with Crippen molar-refractivity contribution in [1.29, 1.82) is 0 Å². The third-order valence-electron chi connectivity index (χ3n) is 4.82. The zero-order chi connectivity index (χ0) is 18.8. The zero-order valence-corrected chi connectivity index (χ0v) is 15.2. The molecule has 2 aliphatic heterocycles. The summed E-state index contributed by atoms with van der Waals surface area (Å²) in [5, 5.41) is 0. The molecule has 0 bridgehead atoms.